The molecule has 2 heterocycles. The van der Waals surface area contributed by atoms with Gasteiger partial charge < -0.3 is 19.7 Å². The second-order valence-electron chi connectivity index (χ2n) is 9.86. The standard InChI is InChI=1S/C27H33N3O7S/c1-29(2)27(33)37-21-15-9-18(10-16-21)17-23(26(32)36-3)28-25(31)24-19-11-13-20(14-12-19)30(24)38(34,35)22-7-5-4-6-8-22/h4-10,15-16,19-20,23-24H,11-14,17H2,1-3H3,(H,28,31). The van der Waals surface area contributed by atoms with Crippen molar-refractivity contribution >= 4 is 28.0 Å². The number of nitrogens with zero attached hydrogens (tertiary/aromatic N) is 2. The van der Waals surface area contributed by atoms with Crippen molar-refractivity contribution in [2.45, 2.75) is 55.1 Å². The van der Waals surface area contributed by atoms with E-state index in [0.717, 1.165) is 12.8 Å². The molecular formula is C27H33N3O7S. The first-order valence-corrected chi connectivity index (χ1v) is 14.0. The molecule has 2 aliphatic heterocycles. The fourth-order valence-electron chi connectivity index (χ4n) is 5.21. The number of fused-ring (bicyclic) bond motifs is 3. The molecule has 2 amide bonds. The Hall–Kier alpha value is -3.44. The van der Waals surface area contributed by atoms with E-state index < -0.39 is 40.1 Å². The zero-order valence-corrected chi connectivity index (χ0v) is 22.5. The minimum atomic E-state index is -3.92. The first kappa shape index (κ1) is 27.6. The highest BCUT2D eigenvalue weighted by molar-refractivity contribution is 7.89. The van der Waals surface area contributed by atoms with Crippen LogP contribution < -0.4 is 10.1 Å². The molecule has 2 aromatic rings. The van der Waals surface area contributed by atoms with Crippen LogP contribution >= 0.6 is 0 Å². The van der Waals surface area contributed by atoms with Crippen molar-refractivity contribution in [2.75, 3.05) is 21.2 Å². The summed E-state index contributed by atoms with van der Waals surface area (Å²) in [7, 11) is 0.467. The molecule has 204 valence electrons. The molecule has 2 unspecified atom stereocenters. The molecule has 0 spiro atoms. The number of esters is 1. The van der Waals surface area contributed by atoms with E-state index in [4.69, 9.17) is 9.47 Å². The van der Waals surface area contributed by atoms with Crippen molar-refractivity contribution in [3.63, 3.8) is 0 Å². The molecule has 1 aliphatic carbocycles. The number of piperidine rings is 2. The third-order valence-electron chi connectivity index (χ3n) is 7.14. The number of benzene rings is 2. The highest BCUT2D eigenvalue weighted by Gasteiger charge is 2.51. The van der Waals surface area contributed by atoms with E-state index in [-0.39, 0.29) is 23.3 Å². The van der Waals surface area contributed by atoms with E-state index in [1.807, 2.05) is 0 Å². The van der Waals surface area contributed by atoms with Crippen LogP contribution in [0.15, 0.2) is 59.5 Å². The lowest BCUT2D eigenvalue weighted by atomic mass is 9.76. The molecule has 0 aromatic heterocycles. The maximum Gasteiger partial charge on any atom is 0.414 e. The van der Waals surface area contributed by atoms with Gasteiger partial charge in [0.05, 0.1) is 12.0 Å². The lowest BCUT2D eigenvalue weighted by Crippen LogP contribution is -2.63. The molecule has 2 aromatic carbocycles. The fourth-order valence-corrected chi connectivity index (χ4v) is 7.13. The molecule has 1 saturated carbocycles. The maximum atomic E-state index is 13.6. The summed E-state index contributed by atoms with van der Waals surface area (Å²) >= 11 is 0. The van der Waals surface area contributed by atoms with Gasteiger partial charge in [-0.3, -0.25) is 4.79 Å². The van der Waals surface area contributed by atoms with Crippen LogP contribution in [0.3, 0.4) is 0 Å². The first-order valence-electron chi connectivity index (χ1n) is 12.6. The van der Waals surface area contributed by atoms with Crippen molar-refractivity contribution in [3.05, 3.63) is 60.2 Å². The van der Waals surface area contributed by atoms with E-state index in [9.17, 15) is 22.8 Å². The quantitative estimate of drug-likeness (QED) is 0.508. The Morgan fingerprint density at radius 1 is 1.00 bits per heavy atom. The van der Waals surface area contributed by atoms with Crippen LogP contribution in [0.1, 0.15) is 31.2 Å². The zero-order chi connectivity index (χ0) is 27.4. The summed E-state index contributed by atoms with van der Waals surface area (Å²) in [5.41, 5.74) is 0.698. The van der Waals surface area contributed by atoms with Gasteiger partial charge in [0.2, 0.25) is 15.9 Å². The van der Waals surface area contributed by atoms with Crippen molar-refractivity contribution in [3.8, 4) is 5.75 Å². The molecule has 2 bridgehead atoms. The number of carbonyl (C=O) groups is 3. The largest absolute Gasteiger partial charge is 0.467 e. The number of rotatable bonds is 8. The number of carbonyl (C=O) groups excluding carboxylic acids is 3. The monoisotopic (exact) mass is 543 g/mol. The number of ether oxygens (including phenoxy) is 2. The number of amides is 2. The van der Waals surface area contributed by atoms with Gasteiger partial charge >= 0.3 is 12.1 Å². The van der Waals surface area contributed by atoms with Crippen LogP contribution in [-0.4, -0.2) is 74.9 Å². The second kappa shape index (κ2) is 11.5. The van der Waals surface area contributed by atoms with E-state index in [1.54, 1.807) is 56.6 Å². The molecule has 11 heteroatoms. The summed E-state index contributed by atoms with van der Waals surface area (Å²) in [4.78, 5) is 39.5. The molecular weight excluding hydrogens is 510 g/mol. The molecule has 2 saturated heterocycles. The zero-order valence-electron chi connectivity index (χ0n) is 21.7. The van der Waals surface area contributed by atoms with Gasteiger partial charge in [-0.15, -0.1) is 0 Å². The van der Waals surface area contributed by atoms with Crippen molar-refractivity contribution in [1.29, 1.82) is 0 Å². The van der Waals surface area contributed by atoms with E-state index in [0.29, 0.717) is 24.2 Å². The fraction of sp³-hybridized carbons (Fsp3) is 0.444. The average Bonchev–Trinajstić information content (AvgIpc) is 2.93. The number of methoxy groups -OCH3 is 1. The van der Waals surface area contributed by atoms with Gasteiger partial charge in [-0.1, -0.05) is 30.3 Å². The van der Waals surface area contributed by atoms with Crippen LogP contribution in [0.4, 0.5) is 4.79 Å². The Labute approximate surface area is 222 Å². The third-order valence-corrected chi connectivity index (χ3v) is 9.09. The molecule has 3 aliphatic rings. The van der Waals surface area contributed by atoms with Gasteiger partial charge in [0, 0.05) is 26.6 Å². The lowest BCUT2D eigenvalue weighted by Gasteiger charge is -2.49. The van der Waals surface area contributed by atoms with Gasteiger partial charge in [-0.2, -0.15) is 4.31 Å². The topological polar surface area (TPSA) is 122 Å². The number of nitrogens with one attached hydrogen (secondary N) is 1. The summed E-state index contributed by atoms with van der Waals surface area (Å²) in [6.07, 6.45) is 2.50. The second-order valence-corrected chi connectivity index (χ2v) is 11.7. The van der Waals surface area contributed by atoms with Crippen LogP contribution in [-0.2, 0) is 30.8 Å². The summed E-state index contributed by atoms with van der Waals surface area (Å²) in [5, 5.41) is 2.77. The summed E-state index contributed by atoms with van der Waals surface area (Å²) in [6, 6.07) is 12.5. The minimum absolute atomic E-state index is 0.118. The Morgan fingerprint density at radius 2 is 1.63 bits per heavy atom. The Bertz CT molecular complexity index is 1260. The summed E-state index contributed by atoms with van der Waals surface area (Å²) < 4.78 is 38.8. The SMILES string of the molecule is COC(=O)C(Cc1ccc(OC(=O)N(C)C)cc1)NC(=O)C1C2CCC(CC2)N1S(=O)(=O)c1ccccc1. The van der Waals surface area contributed by atoms with E-state index in [1.165, 1.54) is 28.4 Å². The molecule has 38 heavy (non-hydrogen) atoms. The van der Waals surface area contributed by atoms with Gasteiger partial charge in [0.25, 0.3) is 0 Å². The van der Waals surface area contributed by atoms with Crippen LogP contribution in [0.5, 0.6) is 5.75 Å². The van der Waals surface area contributed by atoms with Gasteiger partial charge in [0.15, 0.2) is 0 Å². The molecule has 5 rings (SSSR count). The van der Waals surface area contributed by atoms with Gasteiger partial charge in [-0.25, -0.2) is 18.0 Å². The molecule has 3 fully saturated rings. The number of hydrogen-bond donors (Lipinski definition) is 1. The number of hydrogen-bond acceptors (Lipinski definition) is 7. The van der Waals surface area contributed by atoms with Crippen molar-refractivity contribution in [1.82, 2.24) is 14.5 Å². The van der Waals surface area contributed by atoms with Gasteiger partial charge in [-0.05, 0) is 61.4 Å². The summed E-state index contributed by atoms with van der Waals surface area (Å²) in [6.45, 7) is 0. The third kappa shape index (κ3) is 5.83. The van der Waals surface area contributed by atoms with Crippen LogP contribution in [0.25, 0.3) is 0 Å². The first-order chi connectivity index (χ1) is 18.1. The predicted octanol–water partition coefficient (Wildman–Crippen LogP) is 2.58. The minimum Gasteiger partial charge on any atom is -0.467 e. The van der Waals surface area contributed by atoms with Crippen LogP contribution in [0.2, 0.25) is 0 Å². The number of sulfonamides is 1. The average molecular weight is 544 g/mol. The van der Waals surface area contributed by atoms with E-state index >= 15 is 0 Å². The Balaban J connectivity index is 1.54. The van der Waals surface area contributed by atoms with Crippen LogP contribution in [0, 0.1) is 5.92 Å². The normalized spacial score (nSPS) is 21.8. The summed E-state index contributed by atoms with van der Waals surface area (Å²) in [5.74, 6) is -0.945. The predicted molar refractivity (Wildman–Crippen MR) is 139 cm³/mol. The Kier molecular flexibility index (Phi) is 8.37. The Morgan fingerprint density at radius 3 is 2.21 bits per heavy atom. The van der Waals surface area contributed by atoms with Gasteiger partial charge in [0.1, 0.15) is 17.8 Å². The molecule has 0 radical (unpaired) electrons. The molecule has 10 nitrogen and oxygen atoms in total. The highest BCUT2D eigenvalue weighted by Crippen LogP contribution is 2.42. The van der Waals surface area contributed by atoms with Crippen molar-refractivity contribution in [2.24, 2.45) is 5.92 Å². The lowest BCUT2D eigenvalue weighted by molar-refractivity contribution is -0.146. The maximum absolute atomic E-state index is 13.6. The van der Waals surface area contributed by atoms with Crippen molar-refractivity contribution < 1.29 is 32.3 Å². The molecule has 1 N–H and O–H groups in total. The van der Waals surface area contributed by atoms with E-state index in [2.05, 4.69) is 5.32 Å². The molecule has 2 atom stereocenters. The highest BCUT2D eigenvalue weighted by atomic mass is 32.2. The smallest absolute Gasteiger partial charge is 0.414 e.